The molecule has 1 aromatic heterocycles. The smallest absolute Gasteiger partial charge is 0.231 e. The molecule has 0 bridgehead atoms. The zero-order valence-electron chi connectivity index (χ0n) is 20.4. The van der Waals surface area contributed by atoms with Crippen LogP contribution in [0.2, 0.25) is 0 Å². The highest BCUT2D eigenvalue weighted by atomic mass is 16.7. The number of hydrogen-bond acceptors (Lipinski definition) is 7. The van der Waals surface area contributed by atoms with Crippen LogP contribution in [-0.4, -0.2) is 37.2 Å². The molecular formula is C28H29N3O5. The molecule has 1 aliphatic heterocycles. The second kappa shape index (κ2) is 11.0. The van der Waals surface area contributed by atoms with Gasteiger partial charge in [0.1, 0.15) is 6.61 Å². The molecule has 2 heterocycles. The number of hydrogen-bond donors (Lipinski definition) is 1. The maximum Gasteiger partial charge on any atom is 0.231 e. The van der Waals surface area contributed by atoms with Gasteiger partial charge in [-0.15, -0.1) is 0 Å². The third-order valence-electron chi connectivity index (χ3n) is 5.96. The van der Waals surface area contributed by atoms with Crippen molar-refractivity contribution in [1.82, 2.24) is 9.55 Å². The zero-order valence-corrected chi connectivity index (χ0v) is 20.4. The minimum atomic E-state index is 0.244. The molecule has 0 aliphatic carbocycles. The van der Waals surface area contributed by atoms with Crippen molar-refractivity contribution in [1.29, 1.82) is 0 Å². The number of nitrogens with zero attached hydrogens (tertiary/aromatic N) is 2. The van der Waals surface area contributed by atoms with Crippen molar-refractivity contribution in [3.05, 3.63) is 84.1 Å². The van der Waals surface area contributed by atoms with Crippen LogP contribution < -0.4 is 24.3 Å². The molecule has 8 nitrogen and oxygen atoms in total. The topological polar surface area (TPSA) is 76.0 Å². The Kier molecular flexibility index (Phi) is 7.23. The van der Waals surface area contributed by atoms with Crippen molar-refractivity contribution >= 4 is 5.95 Å². The summed E-state index contributed by atoms with van der Waals surface area (Å²) in [5.41, 5.74) is 4.11. The molecule has 0 saturated carbocycles. The Morgan fingerprint density at radius 3 is 2.61 bits per heavy atom. The quantitative estimate of drug-likeness (QED) is 0.315. The lowest BCUT2D eigenvalue weighted by Gasteiger charge is -2.15. The van der Waals surface area contributed by atoms with Crippen molar-refractivity contribution < 1.29 is 23.7 Å². The predicted molar refractivity (Wildman–Crippen MR) is 137 cm³/mol. The molecule has 0 fully saturated rings. The van der Waals surface area contributed by atoms with Gasteiger partial charge >= 0.3 is 0 Å². The first-order valence-electron chi connectivity index (χ1n) is 11.8. The molecular weight excluding hydrogens is 458 g/mol. The van der Waals surface area contributed by atoms with Gasteiger partial charge in [-0.1, -0.05) is 36.4 Å². The molecule has 3 aromatic carbocycles. The van der Waals surface area contributed by atoms with Crippen molar-refractivity contribution in [2.24, 2.45) is 0 Å². The Hall–Kier alpha value is -4.17. The van der Waals surface area contributed by atoms with E-state index in [2.05, 4.69) is 14.9 Å². The summed E-state index contributed by atoms with van der Waals surface area (Å²) in [6, 6.07) is 21.9. The number of methoxy groups -OCH3 is 2. The predicted octanol–water partition coefficient (Wildman–Crippen LogP) is 5.12. The Labute approximate surface area is 210 Å². The van der Waals surface area contributed by atoms with E-state index < -0.39 is 0 Å². The number of ether oxygens (including phenoxy) is 5. The summed E-state index contributed by atoms with van der Waals surface area (Å²) >= 11 is 0. The molecule has 36 heavy (non-hydrogen) atoms. The lowest BCUT2D eigenvalue weighted by atomic mass is 10.1. The Balaban J connectivity index is 1.30. The molecule has 1 N–H and O–H groups in total. The number of anilines is 1. The van der Waals surface area contributed by atoms with Gasteiger partial charge in [0.2, 0.25) is 12.7 Å². The van der Waals surface area contributed by atoms with Crippen molar-refractivity contribution in [3.8, 4) is 34.3 Å². The summed E-state index contributed by atoms with van der Waals surface area (Å²) in [5, 5.41) is 3.45. The average Bonchev–Trinajstić information content (AvgIpc) is 3.56. The SMILES string of the molecule is COCCn1c(-c2ccc3c(c2)OCO3)cnc1NCc1ccc(OCc2ccccc2)c(OC)c1. The van der Waals surface area contributed by atoms with Crippen LogP contribution in [0.15, 0.2) is 72.9 Å². The number of imidazole rings is 1. The minimum absolute atomic E-state index is 0.244. The van der Waals surface area contributed by atoms with Gasteiger partial charge in [-0.05, 0) is 41.5 Å². The van der Waals surface area contributed by atoms with Crippen LogP contribution in [0.25, 0.3) is 11.3 Å². The minimum Gasteiger partial charge on any atom is -0.493 e. The van der Waals surface area contributed by atoms with Gasteiger partial charge in [0.25, 0.3) is 0 Å². The second-order valence-corrected chi connectivity index (χ2v) is 8.29. The van der Waals surface area contributed by atoms with E-state index in [1.165, 1.54) is 0 Å². The molecule has 186 valence electrons. The van der Waals surface area contributed by atoms with Crippen LogP contribution in [0, 0.1) is 0 Å². The highest BCUT2D eigenvalue weighted by molar-refractivity contribution is 5.66. The normalized spacial score (nSPS) is 11.9. The van der Waals surface area contributed by atoms with E-state index in [0.29, 0.717) is 37.8 Å². The number of aromatic nitrogens is 2. The van der Waals surface area contributed by atoms with Crippen LogP contribution in [-0.2, 0) is 24.4 Å². The van der Waals surface area contributed by atoms with Gasteiger partial charge in [-0.2, -0.15) is 0 Å². The average molecular weight is 488 g/mol. The first-order chi connectivity index (χ1) is 17.7. The summed E-state index contributed by atoms with van der Waals surface area (Å²) in [4.78, 5) is 4.65. The first-order valence-corrected chi connectivity index (χ1v) is 11.8. The van der Waals surface area contributed by atoms with E-state index in [1.807, 2.05) is 72.9 Å². The fraction of sp³-hybridized carbons (Fsp3) is 0.250. The molecule has 4 aromatic rings. The summed E-state index contributed by atoms with van der Waals surface area (Å²) in [6.45, 7) is 2.50. The summed E-state index contributed by atoms with van der Waals surface area (Å²) < 4.78 is 30.0. The highest BCUT2D eigenvalue weighted by Crippen LogP contribution is 2.36. The number of benzene rings is 3. The summed E-state index contributed by atoms with van der Waals surface area (Å²) in [5.74, 6) is 3.64. The van der Waals surface area contributed by atoms with Gasteiger partial charge in [-0.3, -0.25) is 0 Å². The standard InChI is InChI=1S/C28H29N3O5/c1-32-13-12-31-23(22-9-11-25-27(15-22)36-19-35-25)17-30-28(31)29-16-21-8-10-24(26(14-21)33-2)34-18-20-6-4-3-5-7-20/h3-11,14-15,17H,12-13,16,18-19H2,1-2H3,(H,29,30). The maximum absolute atomic E-state index is 5.98. The lowest BCUT2D eigenvalue weighted by Crippen LogP contribution is -2.12. The van der Waals surface area contributed by atoms with E-state index in [9.17, 15) is 0 Å². The maximum atomic E-state index is 5.98. The van der Waals surface area contributed by atoms with E-state index in [-0.39, 0.29) is 6.79 Å². The molecule has 0 atom stereocenters. The first kappa shape index (κ1) is 23.6. The van der Waals surface area contributed by atoms with Crippen molar-refractivity contribution in [2.45, 2.75) is 19.7 Å². The molecule has 8 heteroatoms. The van der Waals surface area contributed by atoms with Gasteiger partial charge in [0.15, 0.2) is 23.0 Å². The second-order valence-electron chi connectivity index (χ2n) is 8.29. The summed E-state index contributed by atoms with van der Waals surface area (Å²) in [7, 11) is 3.34. The van der Waals surface area contributed by atoms with Crippen molar-refractivity contribution in [2.75, 3.05) is 32.9 Å². The van der Waals surface area contributed by atoms with E-state index in [1.54, 1.807) is 14.2 Å². The number of rotatable bonds is 11. The molecule has 0 saturated heterocycles. The van der Waals surface area contributed by atoms with Crippen LogP contribution in [0.1, 0.15) is 11.1 Å². The van der Waals surface area contributed by atoms with Gasteiger partial charge < -0.3 is 33.6 Å². The molecule has 0 spiro atoms. The molecule has 1 aliphatic rings. The van der Waals surface area contributed by atoms with Gasteiger partial charge in [0.05, 0.1) is 25.6 Å². The molecule has 0 radical (unpaired) electrons. The van der Waals surface area contributed by atoms with Crippen LogP contribution in [0.3, 0.4) is 0 Å². The van der Waals surface area contributed by atoms with Crippen LogP contribution in [0.5, 0.6) is 23.0 Å². The highest BCUT2D eigenvalue weighted by Gasteiger charge is 2.17. The zero-order chi connectivity index (χ0) is 24.7. The van der Waals surface area contributed by atoms with E-state index >= 15 is 0 Å². The largest absolute Gasteiger partial charge is 0.493 e. The number of fused-ring (bicyclic) bond motifs is 1. The fourth-order valence-electron chi connectivity index (χ4n) is 4.07. The summed E-state index contributed by atoms with van der Waals surface area (Å²) in [6.07, 6.45) is 1.86. The van der Waals surface area contributed by atoms with E-state index in [0.717, 1.165) is 39.8 Å². The lowest BCUT2D eigenvalue weighted by molar-refractivity contribution is 0.174. The Morgan fingerprint density at radius 1 is 0.917 bits per heavy atom. The third-order valence-corrected chi connectivity index (χ3v) is 5.96. The van der Waals surface area contributed by atoms with Gasteiger partial charge in [-0.25, -0.2) is 4.98 Å². The van der Waals surface area contributed by atoms with Crippen molar-refractivity contribution in [3.63, 3.8) is 0 Å². The Morgan fingerprint density at radius 2 is 1.78 bits per heavy atom. The van der Waals surface area contributed by atoms with E-state index in [4.69, 9.17) is 23.7 Å². The fourth-order valence-corrected chi connectivity index (χ4v) is 4.07. The monoisotopic (exact) mass is 487 g/mol. The molecule has 0 unspecified atom stereocenters. The number of nitrogens with one attached hydrogen (secondary N) is 1. The van der Waals surface area contributed by atoms with Crippen LogP contribution >= 0.6 is 0 Å². The molecule has 5 rings (SSSR count). The van der Waals surface area contributed by atoms with Gasteiger partial charge in [0, 0.05) is 25.8 Å². The van der Waals surface area contributed by atoms with Crippen LogP contribution in [0.4, 0.5) is 5.95 Å². The third kappa shape index (κ3) is 5.23. The Bertz CT molecular complexity index is 1310. The molecule has 0 amide bonds.